The normalized spacial score (nSPS) is 14.9. The molecule has 158 valence electrons. The highest BCUT2D eigenvalue weighted by Gasteiger charge is 2.18. The number of H-pyrrole nitrogens is 1. The average Bonchev–Trinajstić information content (AvgIpc) is 3.25. The minimum atomic E-state index is -0.0853. The topological polar surface area (TPSA) is 64.3 Å². The summed E-state index contributed by atoms with van der Waals surface area (Å²) in [6.07, 6.45) is 1.77. The van der Waals surface area contributed by atoms with E-state index in [0.717, 1.165) is 59.6 Å². The van der Waals surface area contributed by atoms with Crippen LogP contribution in [-0.2, 0) is 0 Å². The van der Waals surface area contributed by atoms with Gasteiger partial charge in [0.1, 0.15) is 5.69 Å². The molecule has 31 heavy (non-hydrogen) atoms. The number of nitrogens with zero attached hydrogens (tertiary/aromatic N) is 3. The van der Waals surface area contributed by atoms with Crippen molar-refractivity contribution in [3.63, 3.8) is 0 Å². The number of hydrogen-bond donors (Lipinski definition) is 2. The molecule has 3 heterocycles. The summed E-state index contributed by atoms with van der Waals surface area (Å²) in [5, 5.41) is 5.86. The van der Waals surface area contributed by atoms with E-state index in [1.807, 2.05) is 48.5 Å². The SMILES string of the molecule is O=C(NCCN1CCN(c2cccc(Cl)c2)CC1)c1cc2ccc3cccnc3c2[nH]1. The third-order valence-corrected chi connectivity index (χ3v) is 6.11. The number of piperazine rings is 1. The summed E-state index contributed by atoms with van der Waals surface area (Å²) in [6, 6.07) is 17.9. The Balaban J connectivity index is 1.15. The summed E-state index contributed by atoms with van der Waals surface area (Å²) in [7, 11) is 0. The van der Waals surface area contributed by atoms with Gasteiger partial charge >= 0.3 is 0 Å². The fourth-order valence-corrected chi connectivity index (χ4v) is 4.37. The Morgan fingerprint density at radius 1 is 1.03 bits per heavy atom. The van der Waals surface area contributed by atoms with Crippen molar-refractivity contribution < 1.29 is 4.79 Å². The molecule has 1 aliphatic rings. The van der Waals surface area contributed by atoms with Gasteiger partial charge in [0.25, 0.3) is 5.91 Å². The number of rotatable bonds is 5. The third kappa shape index (κ3) is 4.22. The second-order valence-corrected chi connectivity index (χ2v) is 8.29. The first-order valence-electron chi connectivity index (χ1n) is 10.5. The summed E-state index contributed by atoms with van der Waals surface area (Å²) in [6.45, 7) is 5.29. The number of pyridine rings is 1. The molecule has 6 nitrogen and oxygen atoms in total. The predicted octanol–water partition coefficient (Wildman–Crippen LogP) is 3.92. The van der Waals surface area contributed by atoms with Crippen molar-refractivity contribution in [1.29, 1.82) is 0 Å². The number of anilines is 1. The number of fused-ring (bicyclic) bond motifs is 3. The Bertz CT molecular complexity index is 1230. The van der Waals surface area contributed by atoms with Crippen LogP contribution in [0.15, 0.2) is 60.8 Å². The number of amides is 1. The van der Waals surface area contributed by atoms with Crippen LogP contribution in [0.2, 0.25) is 5.02 Å². The molecule has 1 aliphatic heterocycles. The molecule has 1 saturated heterocycles. The minimum absolute atomic E-state index is 0.0853. The van der Waals surface area contributed by atoms with E-state index in [9.17, 15) is 4.79 Å². The average molecular weight is 434 g/mol. The van der Waals surface area contributed by atoms with E-state index < -0.39 is 0 Å². The molecule has 0 atom stereocenters. The minimum Gasteiger partial charge on any atom is -0.369 e. The summed E-state index contributed by atoms with van der Waals surface area (Å²) in [5.74, 6) is -0.0853. The zero-order valence-corrected chi connectivity index (χ0v) is 17.9. The number of aromatic amines is 1. The van der Waals surface area contributed by atoms with Crippen LogP contribution in [0.3, 0.4) is 0 Å². The van der Waals surface area contributed by atoms with Crippen molar-refractivity contribution in [1.82, 2.24) is 20.2 Å². The van der Waals surface area contributed by atoms with E-state index in [1.165, 1.54) is 5.69 Å². The van der Waals surface area contributed by atoms with E-state index in [0.29, 0.717) is 12.2 Å². The van der Waals surface area contributed by atoms with Gasteiger partial charge < -0.3 is 15.2 Å². The molecule has 0 radical (unpaired) electrons. The van der Waals surface area contributed by atoms with Gasteiger partial charge in [0.15, 0.2) is 0 Å². The molecule has 2 aromatic heterocycles. The molecule has 1 fully saturated rings. The molecule has 0 spiro atoms. The van der Waals surface area contributed by atoms with Crippen molar-refractivity contribution in [3.8, 4) is 0 Å². The van der Waals surface area contributed by atoms with Crippen LogP contribution >= 0.6 is 11.6 Å². The third-order valence-electron chi connectivity index (χ3n) is 5.87. The van der Waals surface area contributed by atoms with E-state index >= 15 is 0 Å². The van der Waals surface area contributed by atoms with Gasteiger partial charge in [0.05, 0.1) is 11.0 Å². The summed E-state index contributed by atoms with van der Waals surface area (Å²) in [4.78, 5) is 25.1. The van der Waals surface area contributed by atoms with Gasteiger partial charge in [-0.1, -0.05) is 35.9 Å². The Hall–Kier alpha value is -3.09. The maximum absolute atomic E-state index is 12.7. The van der Waals surface area contributed by atoms with Gasteiger partial charge in [-0.05, 0) is 30.3 Å². The second kappa shape index (κ2) is 8.57. The van der Waals surface area contributed by atoms with Gasteiger partial charge in [0.2, 0.25) is 0 Å². The largest absolute Gasteiger partial charge is 0.369 e. The Labute approximate surface area is 185 Å². The molecule has 0 unspecified atom stereocenters. The van der Waals surface area contributed by atoms with Crippen LogP contribution in [0.1, 0.15) is 10.5 Å². The van der Waals surface area contributed by atoms with Crippen LogP contribution < -0.4 is 10.2 Å². The van der Waals surface area contributed by atoms with Gasteiger partial charge in [-0.25, -0.2) is 0 Å². The van der Waals surface area contributed by atoms with Gasteiger partial charge in [-0.3, -0.25) is 14.7 Å². The van der Waals surface area contributed by atoms with E-state index in [2.05, 4.69) is 31.2 Å². The van der Waals surface area contributed by atoms with Crippen molar-refractivity contribution in [3.05, 3.63) is 71.5 Å². The Kier molecular flexibility index (Phi) is 5.49. The number of aromatic nitrogens is 2. The van der Waals surface area contributed by atoms with Crippen molar-refractivity contribution >= 4 is 45.0 Å². The molecule has 0 bridgehead atoms. The van der Waals surface area contributed by atoms with Crippen LogP contribution in [0, 0.1) is 0 Å². The molecule has 0 aliphatic carbocycles. The van der Waals surface area contributed by atoms with Crippen LogP contribution in [0.4, 0.5) is 5.69 Å². The monoisotopic (exact) mass is 433 g/mol. The molecule has 5 rings (SSSR count). The van der Waals surface area contributed by atoms with Gasteiger partial charge in [-0.15, -0.1) is 0 Å². The molecule has 7 heteroatoms. The smallest absolute Gasteiger partial charge is 0.267 e. The first kappa shape index (κ1) is 19.8. The van der Waals surface area contributed by atoms with Crippen LogP contribution in [0.5, 0.6) is 0 Å². The van der Waals surface area contributed by atoms with Crippen molar-refractivity contribution in [2.75, 3.05) is 44.2 Å². The molecule has 2 aromatic carbocycles. The lowest BCUT2D eigenvalue weighted by Crippen LogP contribution is -2.48. The maximum atomic E-state index is 12.7. The summed E-state index contributed by atoms with van der Waals surface area (Å²) in [5.41, 5.74) is 3.53. The van der Waals surface area contributed by atoms with Crippen molar-refractivity contribution in [2.45, 2.75) is 0 Å². The highest BCUT2D eigenvalue weighted by Crippen LogP contribution is 2.24. The van der Waals surface area contributed by atoms with Gasteiger partial charge in [0, 0.05) is 66.9 Å². The Morgan fingerprint density at radius 2 is 1.87 bits per heavy atom. The quantitative estimate of drug-likeness (QED) is 0.500. The second-order valence-electron chi connectivity index (χ2n) is 7.85. The first-order chi connectivity index (χ1) is 15.2. The van der Waals surface area contributed by atoms with E-state index in [-0.39, 0.29) is 5.91 Å². The number of nitrogens with one attached hydrogen (secondary N) is 2. The lowest BCUT2D eigenvalue weighted by Gasteiger charge is -2.36. The molecular formula is C24H24ClN5O. The number of carbonyl (C=O) groups excluding carboxylic acids is 1. The standard InChI is InChI=1S/C24H24ClN5O/c25-19-4-1-5-20(16-19)30-13-11-29(12-14-30)10-9-27-24(31)21-15-18-7-6-17-3-2-8-26-22(17)23(18)28-21/h1-8,15-16,28H,9-14H2,(H,27,31). The molecule has 4 aromatic rings. The number of hydrogen-bond acceptors (Lipinski definition) is 4. The lowest BCUT2D eigenvalue weighted by atomic mass is 10.1. The predicted molar refractivity (Wildman–Crippen MR) is 126 cm³/mol. The lowest BCUT2D eigenvalue weighted by molar-refractivity contribution is 0.0943. The first-order valence-corrected chi connectivity index (χ1v) is 10.9. The molecular weight excluding hydrogens is 410 g/mol. The highest BCUT2D eigenvalue weighted by atomic mass is 35.5. The number of benzene rings is 2. The Morgan fingerprint density at radius 3 is 2.71 bits per heavy atom. The fraction of sp³-hybridized carbons (Fsp3) is 0.250. The van der Waals surface area contributed by atoms with Gasteiger partial charge in [-0.2, -0.15) is 0 Å². The van der Waals surface area contributed by atoms with E-state index in [1.54, 1.807) is 6.20 Å². The molecule has 0 saturated carbocycles. The molecule has 2 N–H and O–H groups in total. The number of halogens is 1. The zero-order chi connectivity index (χ0) is 21.2. The highest BCUT2D eigenvalue weighted by molar-refractivity contribution is 6.30. The van der Waals surface area contributed by atoms with Crippen molar-refractivity contribution in [2.24, 2.45) is 0 Å². The fourth-order valence-electron chi connectivity index (χ4n) is 4.19. The number of carbonyl (C=O) groups is 1. The van der Waals surface area contributed by atoms with Crippen LogP contribution in [0.25, 0.3) is 21.8 Å². The zero-order valence-electron chi connectivity index (χ0n) is 17.1. The summed E-state index contributed by atoms with van der Waals surface area (Å²) >= 11 is 6.11. The van der Waals surface area contributed by atoms with Crippen LogP contribution in [-0.4, -0.2) is 60.0 Å². The van der Waals surface area contributed by atoms with E-state index in [4.69, 9.17) is 11.6 Å². The maximum Gasteiger partial charge on any atom is 0.267 e. The summed E-state index contributed by atoms with van der Waals surface area (Å²) < 4.78 is 0. The molecule has 1 amide bonds.